The lowest BCUT2D eigenvalue weighted by atomic mass is 10.0. The molecule has 0 bridgehead atoms. The Hall–Kier alpha value is -1.72. The number of halogens is 3. The van der Waals surface area contributed by atoms with Crippen molar-refractivity contribution in [3.8, 4) is 17.0 Å². The molecule has 4 nitrogen and oxygen atoms in total. The first-order valence-corrected chi connectivity index (χ1v) is 9.50. The Balaban J connectivity index is 1.97. The van der Waals surface area contributed by atoms with Gasteiger partial charge in [-0.25, -0.2) is 0 Å². The molecule has 7 heteroatoms. The highest BCUT2D eigenvalue weighted by molar-refractivity contribution is 6.39. The molecule has 0 radical (unpaired) electrons. The Labute approximate surface area is 172 Å². The van der Waals surface area contributed by atoms with Crippen LogP contribution < -0.4 is 4.74 Å². The Bertz CT molecular complexity index is 933. The van der Waals surface area contributed by atoms with Crippen LogP contribution in [0, 0.1) is 0 Å². The van der Waals surface area contributed by atoms with Crippen LogP contribution in [0.3, 0.4) is 0 Å². The van der Waals surface area contributed by atoms with E-state index in [-0.39, 0.29) is 19.1 Å². The summed E-state index contributed by atoms with van der Waals surface area (Å²) in [7, 11) is 0. The zero-order valence-corrected chi connectivity index (χ0v) is 17.1. The van der Waals surface area contributed by atoms with Crippen molar-refractivity contribution >= 4 is 34.8 Å². The number of ether oxygens (including phenoxy) is 1. The van der Waals surface area contributed by atoms with Gasteiger partial charge >= 0.3 is 0 Å². The molecular weight excluding hydrogens is 409 g/mol. The number of nitrogens with zero attached hydrogens (tertiary/aromatic N) is 1. The van der Waals surface area contributed by atoms with E-state index < -0.39 is 0 Å². The minimum absolute atomic E-state index is 0.103. The number of benzene rings is 2. The molecule has 3 aromatic rings. The zero-order chi connectivity index (χ0) is 19.6. The summed E-state index contributed by atoms with van der Waals surface area (Å²) in [5.74, 6) is 1.38. The number of hydrogen-bond donors (Lipinski definition) is 1. The van der Waals surface area contributed by atoms with Crippen LogP contribution in [0.2, 0.25) is 15.1 Å². The summed E-state index contributed by atoms with van der Waals surface area (Å²) in [5, 5.41) is 14.9. The fourth-order valence-electron chi connectivity index (χ4n) is 2.74. The highest BCUT2D eigenvalue weighted by Crippen LogP contribution is 2.38. The van der Waals surface area contributed by atoms with Gasteiger partial charge in [0.05, 0.1) is 22.2 Å². The third-order valence-electron chi connectivity index (χ3n) is 4.12. The minimum atomic E-state index is -0.128. The second kappa shape index (κ2) is 8.53. The van der Waals surface area contributed by atoms with Crippen molar-refractivity contribution in [1.82, 2.24) is 5.16 Å². The van der Waals surface area contributed by atoms with Crippen LogP contribution >= 0.6 is 34.8 Å². The molecule has 0 unspecified atom stereocenters. The third kappa shape index (κ3) is 4.25. The first-order chi connectivity index (χ1) is 12.9. The lowest BCUT2D eigenvalue weighted by molar-refractivity contribution is 0.280. The van der Waals surface area contributed by atoms with E-state index in [9.17, 15) is 5.11 Å². The SMILES string of the molecule is CC(C)c1onc(-c2c(Cl)cccc2Cl)c1COc1ccc(CO)c(Cl)c1. The second-order valence-electron chi connectivity index (χ2n) is 6.33. The maximum absolute atomic E-state index is 9.23. The predicted molar refractivity (Wildman–Crippen MR) is 108 cm³/mol. The summed E-state index contributed by atoms with van der Waals surface area (Å²) < 4.78 is 11.5. The number of hydrogen-bond acceptors (Lipinski definition) is 4. The topological polar surface area (TPSA) is 55.5 Å². The highest BCUT2D eigenvalue weighted by Gasteiger charge is 2.23. The van der Waals surface area contributed by atoms with Gasteiger partial charge in [-0.1, -0.05) is 65.9 Å². The second-order valence-corrected chi connectivity index (χ2v) is 7.55. The van der Waals surface area contributed by atoms with E-state index in [2.05, 4.69) is 5.16 Å². The predicted octanol–water partition coefficient (Wildman–Crippen LogP) is 6.50. The summed E-state index contributed by atoms with van der Waals surface area (Å²) in [6, 6.07) is 10.4. The summed E-state index contributed by atoms with van der Waals surface area (Å²) in [6.07, 6.45) is 0. The van der Waals surface area contributed by atoms with E-state index in [1.807, 2.05) is 13.8 Å². The molecule has 0 amide bonds. The quantitative estimate of drug-likeness (QED) is 0.489. The maximum Gasteiger partial charge on any atom is 0.146 e. The van der Waals surface area contributed by atoms with E-state index >= 15 is 0 Å². The average Bonchev–Trinajstić information content (AvgIpc) is 3.04. The largest absolute Gasteiger partial charge is 0.489 e. The van der Waals surface area contributed by atoms with E-state index in [1.54, 1.807) is 36.4 Å². The van der Waals surface area contributed by atoms with Crippen molar-refractivity contribution in [3.05, 3.63) is 68.4 Å². The smallest absolute Gasteiger partial charge is 0.146 e. The fraction of sp³-hybridized carbons (Fsp3) is 0.250. The number of aromatic nitrogens is 1. The zero-order valence-electron chi connectivity index (χ0n) is 14.8. The summed E-state index contributed by atoms with van der Waals surface area (Å²) in [4.78, 5) is 0. The first kappa shape index (κ1) is 20.0. The molecule has 0 aliphatic carbocycles. The summed E-state index contributed by atoms with van der Waals surface area (Å²) >= 11 is 18.8. The van der Waals surface area contributed by atoms with Crippen molar-refractivity contribution in [2.24, 2.45) is 0 Å². The lowest BCUT2D eigenvalue weighted by Gasteiger charge is -2.11. The van der Waals surface area contributed by atoms with Crippen molar-refractivity contribution in [1.29, 1.82) is 0 Å². The fourth-order valence-corrected chi connectivity index (χ4v) is 3.54. The van der Waals surface area contributed by atoms with Gasteiger partial charge in [0.25, 0.3) is 0 Å². The molecule has 142 valence electrons. The van der Waals surface area contributed by atoms with Gasteiger partial charge in [0.15, 0.2) is 0 Å². The van der Waals surface area contributed by atoms with Crippen LogP contribution in [0.4, 0.5) is 0 Å². The first-order valence-electron chi connectivity index (χ1n) is 8.37. The van der Waals surface area contributed by atoms with Crippen LogP contribution in [0.5, 0.6) is 5.75 Å². The molecule has 27 heavy (non-hydrogen) atoms. The summed E-state index contributed by atoms with van der Waals surface area (Å²) in [5.41, 5.74) is 2.60. The van der Waals surface area contributed by atoms with Gasteiger partial charge in [-0.05, 0) is 29.8 Å². The van der Waals surface area contributed by atoms with Gasteiger partial charge in [0.1, 0.15) is 23.8 Å². The molecule has 1 heterocycles. The molecule has 2 aromatic carbocycles. The molecule has 1 aromatic heterocycles. The Morgan fingerprint density at radius 2 is 1.78 bits per heavy atom. The van der Waals surface area contributed by atoms with Gasteiger partial charge in [0, 0.05) is 16.5 Å². The van der Waals surface area contributed by atoms with E-state index in [4.69, 9.17) is 44.1 Å². The van der Waals surface area contributed by atoms with Crippen LogP contribution in [-0.2, 0) is 13.2 Å². The Morgan fingerprint density at radius 1 is 1.07 bits per heavy atom. The lowest BCUT2D eigenvalue weighted by Crippen LogP contribution is -2.01. The van der Waals surface area contributed by atoms with E-state index in [0.29, 0.717) is 43.4 Å². The molecule has 0 spiro atoms. The number of rotatable bonds is 6. The van der Waals surface area contributed by atoms with Crippen LogP contribution in [0.15, 0.2) is 40.9 Å². The van der Waals surface area contributed by atoms with Gasteiger partial charge in [-0.3, -0.25) is 0 Å². The molecule has 0 saturated heterocycles. The maximum atomic E-state index is 9.23. The normalized spacial score (nSPS) is 11.2. The molecule has 0 fully saturated rings. The Kier molecular flexibility index (Phi) is 6.33. The molecule has 3 rings (SSSR count). The van der Waals surface area contributed by atoms with Crippen molar-refractivity contribution in [3.63, 3.8) is 0 Å². The molecule has 0 aliphatic heterocycles. The molecular formula is C20H18Cl3NO3. The van der Waals surface area contributed by atoms with Crippen molar-refractivity contribution in [2.75, 3.05) is 0 Å². The number of aliphatic hydroxyl groups is 1. The molecule has 1 N–H and O–H groups in total. The molecule has 0 saturated carbocycles. The number of aliphatic hydroxyl groups excluding tert-OH is 1. The standard InChI is InChI=1S/C20H18Cl3NO3/c1-11(2)20-14(10-26-13-7-6-12(9-25)17(23)8-13)19(24-27-20)18-15(21)4-3-5-16(18)22/h3-8,11,25H,9-10H2,1-2H3. The Morgan fingerprint density at radius 3 is 2.37 bits per heavy atom. The van der Waals surface area contributed by atoms with Crippen molar-refractivity contribution < 1.29 is 14.4 Å². The van der Waals surface area contributed by atoms with E-state index in [0.717, 1.165) is 5.56 Å². The molecule has 0 atom stereocenters. The average molecular weight is 427 g/mol. The monoisotopic (exact) mass is 425 g/mol. The van der Waals surface area contributed by atoms with Gasteiger partial charge < -0.3 is 14.4 Å². The van der Waals surface area contributed by atoms with E-state index in [1.165, 1.54) is 0 Å². The van der Waals surface area contributed by atoms with Crippen LogP contribution in [0.1, 0.15) is 36.7 Å². The van der Waals surface area contributed by atoms with Crippen LogP contribution in [-0.4, -0.2) is 10.3 Å². The van der Waals surface area contributed by atoms with Gasteiger partial charge in [0.2, 0.25) is 0 Å². The minimum Gasteiger partial charge on any atom is -0.489 e. The van der Waals surface area contributed by atoms with Crippen molar-refractivity contribution in [2.45, 2.75) is 33.0 Å². The third-order valence-corrected chi connectivity index (χ3v) is 5.10. The van der Waals surface area contributed by atoms with Gasteiger partial charge in [-0.15, -0.1) is 0 Å². The van der Waals surface area contributed by atoms with Gasteiger partial charge in [-0.2, -0.15) is 0 Å². The summed E-state index contributed by atoms with van der Waals surface area (Å²) in [6.45, 7) is 4.10. The highest BCUT2D eigenvalue weighted by atomic mass is 35.5. The van der Waals surface area contributed by atoms with Crippen LogP contribution in [0.25, 0.3) is 11.3 Å². The molecule has 0 aliphatic rings.